The van der Waals surface area contributed by atoms with Gasteiger partial charge in [-0.3, -0.25) is 4.31 Å². The van der Waals surface area contributed by atoms with Gasteiger partial charge in [0.25, 0.3) is 10.0 Å². The molecule has 4 nitrogen and oxygen atoms in total. The molecule has 1 N–H and O–H groups in total. The standard InChI is InChI=1S/C12H12BrNO3S2/c1-14(11-6-7-18-12(11)8-15)19(16,17)10-4-2-9(13)3-5-10/h2-7,15H,8H2,1H3. The molecule has 0 aliphatic heterocycles. The van der Waals surface area contributed by atoms with Crippen molar-refractivity contribution in [3.63, 3.8) is 0 Å². The van der Waals surface area contributed by atoms with E-state index in [-0.39, 0.29) is 11.5 Å². The second-order valence-corrected chi connectivity index (χ2v) is 7.70. The number of hydrogen-bond acceptors (Lipinski definition) is 4. The van der Waals surface area contributed by atoms with Crippen molar-refractivity contribution >= 4 is 43.0 Å². The molecular formula is C12H12BrNO3S2. The van der Waals surface area contributed by atoms with Gasteiger partial charge < -0.3 is 5.11 Å². The lowest BCUT2D eigenvalue weighted by molar-refractivity contribution is 0.286. The minimum Gasteiger partial charge on any atom is -0.391 e. The van der Waals surface area contributed by atoms with E-state index >= 15 is 0 Å². The third-order valence-corrected chi connectivity index (χ3v) is 5.89. The number of benzene rings is 1. The smallest absolute Gasteiger partial charge is 0.264 e. The molecule has 19 heavy (non-hydrogen) atoms. The van der Waals surface area contributed by atoms with Gasteiger partial charge in [-0.1, -0.05) is 15.9 Å². The van der Waals surface area contributed by atoms with E-state index in [1.165, 1.54) is 22.7 Å². The van der Waals surface area contributed by atoms with Crippen LogP contribution in [-0.4, -0.2) is 20.6 Å². The van der Waals surface area contributed by atoms with Crippen molar-refractivity contribution in [2.45, 2.75) is 11.5 Å². The highest BCUT2D eigenvalue weighted by Gasteiger charge is 2.23. The summed E-state index contributed by atoms with van der Waals surface area (Å²) in [5.41, 5.74) is 0.510. The molecule has 0 amide bonds. The van der Waals surface area contributed by atoms with Crippen LogP contribution in [-0.2, 0) is 16.6 Å². The number of thiophene rings is 1. The number of anilines is 1. The summed E-state index contributed by atoms with van der Waals surface area (Å²) in [5.74, 6) is 0. The Morgan fingerprint density at radius 3 is 2.47 bits per heavy atom. The van der Waals surface area contributed by atoms with E-state index in [0.29, 0.717) is 10.6 Å². The summed E-state index contributed by atoms with van der Waals surface area (Å²) in [6.45, 7) is -0.173. The van der Waals surface area contributed by atoms with E-state index in [1.807, 2.05) is 0 Å². The summed E-state index contributed by atoms with van der Waals surface area (Å²) < 4.78 is 26.9. The highest BCUT2D eigenvalue weighted by atomic mass is 79.9. The van der Waals surface area contributed by atoms with Crippen molar-refractivity contribution in [2.24, 2.45) is 0 Å². The summed E-state index contributed by atoms with van der Waals surface area (Å²) in [4.78, 5) is 0.844. The third-order valence-electron chi connectivity index (χ3n) is 2.68. The fourth-order valence-corrected chi connectivity index (χ4v) is 3.94. The molecule has 0 spiro atoms. The maximum atomic E-state index is 12.4. The van der Waals surface area contributed by atoms with Gasteiger partial charge in [0.05, 0.1) is 22.1 Å². The van der Waals surface area contributed by atoms with E-state index in [1.54, 1.807) is 35.7 Å². The van der Waals surface area contributed by atoms with Crippen molar-refractivity contribution in [2.75, 3.05) is 11.4 Å². The highest BCUT2D eigenvalue weighted by molar-refractivity contribution is 9.10. The first-order valence-corrected chi connectivity index (χ1v) is 8.50. The Morgan fingerprint density at radius 1 is 1.26 bits per heavy atom. The molecule has 0 aliphatic rings. The molecule has 0 unspecified atom stereocenters. The Hall–Kier alpha value is -0.890. The van der Waals surface area contributed by atoms with Crippen LogP contribution < -0.4 is 4.31 Å². The highest BCUT2D eigenvalue weighted by Crippen LogP contribution is 2.30. The minimum absolute atomic E-state index is 0.173. The van der Waals surface area contributed by atoms with E-state index in [9.17, 15) is 13.5 Å². The Morgan fingerprint density at radius 2 is 1.89 bits per heavy atom. The van der Waals surface area contributed by atoms with Crippen LogP contribution in [0.25, 0.3) is 0 Å². The maximum Gasteiger partial charge on any atom is 0.264 e. The fourth-order valence-electron chi connectivity index (χ4n) is 1.63. The van der Waals surface area contributed by atoms with E-state index in [4.69, 9.17) is 0 Å². The fraction of sp³-hybridized carbons (Fsp3) is 0.167. The molecule has 0 saturated carbocycles. The second kappa shape index (κ2) is 5.62. The molecule has 102 valence electrons. The van der Waals surface area contributed by atoms with Gasteiger partial charge in [0.2, 0.25) is 0 Å². The molecule has 0 bridgehead atoms. The number of halogens is 1. The van der Waals surface area contributed by atoms with Gasteiger partial charge >= 0.3 is 0 Å². The number of hydrogen-bond donors (Lipinski definition) is 1. The predicted octanol–water partition coefficient (Wildman–Crippen LogP) is 2.83. The molecule has 0 radical (unpaired) electrons. The van der Waals surface area contributed by atoms with Gasteiger partial charge in [-0.15, -0.1) is 11.3 Å². The second-order valence-electron chi connectivity index (χ2n) is 3.81. The number of aliphatic hydroxyl groups is 1. The molecule has 0 saturated heterocycles. The summed E-state index contributed by atoms with van der Waals surface area (Å²) >= 11 is 4.60. The van der Waals surface area contributed by atoms with Crippen LogP contribution in [0.4, 0.5) is 5.69 Å². The molecule has 0 aliphatic carbocycles. The van der Waals surface area contributed by atoms with Crippen molar-refractivity contribution in [1.82, 2.24) is 0 Å². The lowest BCUT2D eigenvalue weighted by atomic mass is 10.4. The topological polar surface area (TPSA) is 57.6 Å². The number of nitrogens with zero attached hydrogens (tertiary/aromatic N) is 1. The van der Waals surface area contributed by atoms with Crippen LogP contribution in [0.1, 0.15) is 4.88 Å². The molecule has 0 fully saturated rings. The maximum absolute atomic E-state index is 12.4. The van der Waals surface area contributed by atoms with Crippen LogP contribution in [0.15, 0.2) is 45.1 Å². The third kappa shape index (κ3) is 2.84. The van der Waals surface area contributed by atoms with Gasteiger partial charge in [-0.05, 0) is 35.7 Å². The molecular weight excluding hydrogens is 350 g/mol. The summed E-state index contributed by atoms with van der Waals surface area (Å²) in [5, 5.41) is 11.0. The first-order chi connectivity index (χ1) is 8.96. The van der Waals surface area contributed by atoms with Crippen LogP contribution in [0, 0.1) is 0 Å². The van der Waals surface area contributed by atoms with Crippen molar-refractivity contribution in [1.29, 1.82) is 0 Å². The molecule has 2 rings (SSSR count). The SMILES string of the molecule is CN(c1ccsc1CO)S(=O)(=O)c1ccc(Br)cc1. The van der Waals surface area contributed by atoms with Crippen molar-refractivity contribution < 1.29 is 13.5 Å². The van der Waals surface area contributed by atoms with Crippen LogP contribution >= 0.6 is 27.3 Å². The zero-order valence-corrected chi connectivity index (χ0v) is 13.3. The van der Waals surface area contributed by atoms with Gasteiger partial charge in [0, 0.05) is 11.5 Å². The Balaban J connectivity index is 2.42. The lowest BCUT2D eigenvalue weighted by Gasteiger charge is -2.19. The van der Waals surface area contributed by atoms with E-state index < -0.39 is 10.0 Å². The van der Waals surface area contributed by atoms with Gasteiger partial charge in [0.1, 0.15) is 0 Å². The Bertz CT molecular complexity index is 665. The average molecular weight is 362 g/mol. The predicted molar refractivity (Wildman–Crippen MR) is 80.0 cm³/mol. The average Bonchev–Trinajstić information content (AvgIpc) is 2.86. The Labute approximate surface area is 124 Å². The zero-order valence-electron chi connectivity index (χ0n) is 10.1. The van der Waals surface area contributed by atoms with Crippen LogP contribution in [0.3, 0.4) is 0 Å². The summed E-state index contributed by atoms with van der Waals surface area (Å²) in [7, 11) is -2.12. The number of sulfonamides is 1. The number of rotatable bonds is 4. The Kier molecular flexibility index (Phi) is 4.29. The largest absolute Gasteiger partial charge is 0.391 e. The van der Waals surface area contributed by atoms with Gasteiger partial charge in [-0.2, -0.15) is 0 Å². The van der Waals surface area contributed by atoms with Crippen molar-refractivity contribution in [3.05, 3.63) is 45.1 Å². The molecule has 7 heteroatoms. The van der Waals surface area contributed by atoms with E-state index in [2.05, 4.69) is 15.9 Å². The molecule has 1 heterocycles. The van der Waals surface area contributed by atoms with Crippen molar-refractivity contribution in [3.8, 4) is 0 Å². The van der Waals surface area contributed by atoms with Gasteiger partial charge in [-0.25, -0.2) is 8.42 Å². The summed E-state index contributed by atoms with van der Waals surface area (Å²) in [6.07, 6.45) is 0. The van der Waals surface area contributed by atoms with Gasteiger partial charge in [0.15, 0.2) is 0 Å². The molecule has 0 atom stereocenters. The zero-order chi connectivity index (χ0) is 14.0. The number of aliphatic hydroxyl groups excluding tert-OH is 1. The summed E-state index contributed by atoms with van der Waals surface area (Å²) in [6, 6.07) is 8.14. The molecule has 2 aromatic rings. The molecule has 1 aromatic heterocycles. The van der Waals surface area contributed by atoms with E-state index in [0.717, 1.165) is 4.47 Å². The molecule has 1 aromatic carbocycles. The van der Waals surface area contributed by atoms with Crippen LogP contribution in [0.2, 0.25) is 0 Å². The normalized spacial score (nSPS) is 11.5. The van der Waals surface area contributed by atoms with Crippen LogP contribution in [0.5, 0.6) is 0 Å². The first kappa shape index (κ1) is 14.5. The quantitative estimate of drug-likeness (QED) is 0.910. The lowest BCUT2D eigenvalue weighted by Crippen LogP contribution is -2.26. The first-order valence-electron chi connectivity index (χ1n) is 5.38. The monoisotopic (exact) mass is 361 g/mol. The minimum atomic E-state index is -3.60.